The van der Waals surface area contributed by atoms with Crippen molar-refractivity contribution in [3.63, 3.8) is 0 Å². The van der Waals surface area contributed by atoms with Crippen molar-refractivity contribution < 1.29 is 24.3 Å². The van der Waals surface area contributed by atoms with Gasteiger partial charge in [0, 0.05) is 11.3 Å². The fourth-order valence-electron chi connectivity index (χ4n) is 3.91. The number of hydrogen-bond donors (Lipinski definition) is 4. The second-order valence-electron chi connectivity index (χ2n) is 8.21. The Labute approximate surface area is 211 Å². The average molecular weight is 492 g/mol. The van der Waals surface area contributed by atoms with E-state index in [2.05, 4.69) is 16.2 Å². The van der Waals surface area contributed by atoms with Crippen molar-refractivity contribution in [2.45, 2.75) is 0 Å². The number of carboxylic acids is 1. The van der Waals surface area contributed by atoms with E-state index in [0.717, 1.165) is 16.3 Å². The largest absolute Gasteiger partial charge is 0.478 e. The Morgan fingerprint density at radius 3 is 1.97 bits per heavy atom. The molecule has 0 aliphatic carbocycles. The van der Waals surface area contributed by atoms with E-state index in [1.165, 1.54) is 36.4 Å². The van der Waals surface area contributed by atoms with E-state index in [1.807, 2.05) is 30.3 Å². The summed E-state index contributed by atoms with van der Waals surface area (Å²) in [6.45, 7) is 0. The Bertz CT molecular complexity index is 1530. The molecule has 4 aromatic rings. The summed E-state index contributed by atoms with van der Waals surface area (Å²) in [4.78, 5) is 51.1. The van der Waals surface area contributed by atoms with Crippen LogP contribution < -0.4 is 21.1 Å². The van der Waals surface area contributed by atoms with Crippen LogP contribution >= 0.6 is 0 Å². The molecule has 1 aliphatic heterocycles. The first-order chi connectivity index (χ1) is 17.9. The first kappa shape index (κ1) is 23.3. The van der Waals surface area contributed by atoms with Gasteiger partial charge >= 0.3 is 5.97 Å². The van der Waals surface area contributed by atoms with E-state index < -0.39 is 23.7 Å². The van der Waals surface area contributed by atoms with Crippen molar-refractivity contribution in [2.24, 2.45) is 0 Å². The van der Waals surface area contributed by atoms with Gasteiger partial charge < -0.3 is 21.3 Å². The minimum Gasteiger partial charge on any atom is -0.478 e. The third kappa shape index (κ3) is 4.73. The zero-order valence-electron chi connectivity index (χ0n) is 19.3. The van der Waals surface area contributed by atoms with Crippen LogP contribution in [0.4, 0.5) is 22.7 Å². The highest BCUT2D eigenvalue weighted by atomic mass is 16.4. The molecule has 0 spiro atoms. The predicted octanol–water partition coefficient (Wildman–Crippen LogP) is 4.88. The van der Waals surface area contributed by atoms with Gasteiger partial charge in [-0.25, -0.2) is 9.69 Å². The Balaban J connectivity index is 1.31. The van der Waals surface area contributed by atoms with Gasteiger partial charge in [-0.05, 0) is 72.8 Å². The fourth-order valence-corrected chi connectivity index (χ4v) is 3.91. The quantitative estimate of drug-likeness (QED) is 0.214. The number of fused-ring (bicyclic) bond motifs is 1. The zero-order valence-corrected chi connectivity index (χ0v) is 19.3. The highest BCUT2D eigenvalue weighted by molar-refractivity contribution is 6.34. The van der Waals surface area contributed by atoms with Crippen molar-refractivity contribution >= 4 is 46.4 Å². The van der Waals surface area contributed by atoms with Crippen molar-refractivity contribution in [1.29, 1.82) is 0 Å². The molecule has 3 amide bonds. The minimum atomic E-state index is -1.12. The number of hydrogen-bond acceptors (Lipinski definition) is 6. The van der Waals surface area contributed by atoms with Crippen LogP contribution in [0.1, 0.15) is 41.4 Å². The first-order valence-electron chi connectivity index (χ1n) is 11.3. The van der Waals surface area contributed by atoms with E-state index >= 15 is 0 Å². The second kappa shape index (κ2) is 9.67. The van der Waals surface area contributed by atoms with E-state index in [1.54, 1.807) is 30.3 Å². The Kier molecular flexibility index (Phi) is 6.09. The molecule has 9 heteroatoms. The van der Waals surface area contributed by atoms with E-state index in [-0.39, 0.29) is 22.3 Å². The smallest absolute Gasteiger partial charge is 0.335 e. The number of aromatic carboxylic acids is 1. The highest BCUT2D eigenvalue weighted by Gasteiger charge is 2.37. The number of imide groups is 1. The van der Waals surface area contributed by atoms with Gasteiger partial charge in [-0.15, -0.1) is 0 Å². The van der Waals surface area contributed by atoms with Crippen LogP contribution in [-0.2, 0) is 0 Å². The molecule has 0 atom stereocenters. The summed E-state index contributed by atoms with van der Waals surface area (Å²) in [7, 11) is 0. The Morgan fingerprint density at radius 2 is 1.27 bits per heavy atom. The number of benzene rings is 4. The van der Waals surface area contributed by atoms with Gasteiger partial charge in [0.05, 0.1) is 33.8 Å². The lowest BCUT2D eigenvalue weighted by Crippen LogP contribution is -2.29. The zero-order chi connectivity index (χ0) is 25.9. The number of amides is 3. The molecule has 0 radical (unpaired) electrons. The third-order valence-corrected chi connectivity index (χ3v) is 5.77. The number of carbonyl (C=O) groups excluding carboxylic acids is 3. The molecular formula is C28H20N4O5. The highest BCUT2D eigenvalue weighted by Crippen LogP contribution is 2.30. The summed E-state index contributed by atoms with van der Waals surface area (Å²) in [5, 5.41) is 11.8. The summed E-state index contributed by atoms with van der Waals surface area (Å²) in [6.07, 6.45) is 0. The molecule has 1 aliphatic rings. The summed E-state index contributed by atoms with van der Waals surface area (Å²) in [5.41, 5.74) is 8.91. The normalized spacial score (nSPS) is 12.2. The van der Waals surface area contributed by atoms with Gasteiger partial charge in [-0.1, -0.05) is 24.3 Å². The van der Waals surface area contributed by atoms with Crippen LogP contribution in [0.2, 0.25) is 0 Å². The maximum absolute atomic E-state index is 13.1. The van der Waals surface area contributed by atoms with Gasteiger partial charge in [-0.2, -0.15) is 0 Å². The Hall–Kier alpha value is -5.44. The van der Waals surface area contributed by atoms with Crippen LogP contribution in [-0.4, -0.2) is 28.8 Å². The molecule has 5 rings (SSSR count). The monoisotopic (exact) mass is 492 g/mol. The van der Waals surface area contributed by atoms with Gasteiger partial charge in [0.15, 0.2) is 0 Å². The molecule has 0 saturated heterocycles. The summed E-state index contributed by atoms with van der Waals surface area (Å²) in [5.74, 6) is -2.67. The summed E-state index contributed by atoms with van der Waals surface area (Å²) < 4.78 is 0. The van der Waals surface area contributed by atoms with Gasteiger partial charge in [0.25, 0.3) is 17.7 Å². The number of nitrogens with one attached hydrogen (secondary N) is 3. The molecular weight excluding hydrogens is 472 g/mol. The second-order valence-corrected chi connectivity index (χ2v) is 8.21. The van der Waals surface area contributed by atoms with Crippen molar-refractivity contribution in [3.05, 3.63) is 119 Å². The molecule has 0 bridgehead atoms. The van der Waals surface area contributed by atoms with E-state index in [4.69, 9.17) is 5.11 Å². The molecule has 4 aromatic carbocycles. The van der Waals surface area contributed by atoms with Gasteiger partial charge in [0.1, 0.15) is 0 Å². The summed E-state index contributed by atoms with van der Waals surface area (Å²) in [6, 6.07) is 26.4. The number of anilines is 4. The van der Waals surface area contributed by atoms with Crippen molar-refractivity contribution in [2.75, 3.05) is 21.1 Å². The number of carbonyl (C=O) groups is 4. The topological polar surface area (TPSA) is 128 Å². The van der Waals surface area contributed by atoms with E-state index in [0.29, 0.717) is 11.4 Å². The fraction of sp³-hybridized carbons (Fsp3) is 0. The van der Waals surface area contributed by atoms with Crippen molar-refractivity contribution in [3.8, 4) is 0 Å². The number of carboxylic acid groups (broad SMARTS) is 1. The first-order valence-corrected chi connectivity index (χ1v) is 11.3. The van der Waals surface area contributed by atoms with Crippen LogP contribution in [0, 0.1) is 0 Å². The van der Waals surface area contributed by atoms with Crippen LogP contribution in [0.3, 0.4) is 0 Å². The number of para-hydroxylation sites is 1. The molecule has 0 aromatic heterocycles. The van der Waals surface area contributed by atoms with Gasteiger partial charge in [0.2, 0.25) is 0 Å². The lowest BCUT2D eigenvalue weighted by atomic mass is 10.1. The van der Waals surface area contributed by atoms with Crippen LogP contribution in [0.15, 0.2) is 97.1 Å². The molecule has 9 nitrogen and oxygen atoms in total. The molecule has 182 valence electrons. The maximum atomic E-state index is 13.1. The lowest BCUT2D eigenvalue weighted by Gasteiger charge is -2.15. The van der Waals surface area contributed by atoms with Crippen LogP contribution in [0.25, 0.3) is 0 Å². The molecule has 37 heavy (non-hydrogen) atoms. The van der Waals surface area contributed by atoms with Crippen LogP contribution in [0.5, 0.6) is 0 Å². The number of nitrogens with zero attached hydrogens (tertiary/aromatic N) is 1. The third-order valence-electron chi connectivity index (χ3n) is 5.77. The molecule has 0 fully saturated rings. The van der Waals surface area contributed by atoms with Gasteiger partial charge in [-0.3, -0.25) is 14.4 Å². The molecule has 0 unspecified atom stereocenters. The predicted molar refractivity (Wildman–Crippen MR) is 139 cm³/mol. The van der Waals surface area contributed by atoms with E-state index in [9.17, 15) is 19.2 Å². The Morgan fingerprint density at radius 1 is 0.622 bits per heavy atom. The standard InChI is InChI=1S/C28H20N4O5/c33-25(29-21-8-4-5-18(15-21)28(36)37)17-9-14-23-24(16-17)27(35)32(26(23)34)22-12-10-20(11-13-22)31-30-19-6-2-1-3-7-19/h1-16,30-31H,(H,29,33)(H,36,37). The molecule has 1 heterocycles. The number of hydrazine groups is 1. The average Bonchev–Trinajstić information content (AvgIpc) is 3.17. The summed E-state index contributed by atoms with van der Waals surface area (Å²) >= 11 is 0. The van der Waals surface area contributed by atoms with Crippen molar-refractivity contribution in [1.82, 2.24) is 0 Å². The molecule has 4 N–H and O–H groups in total. The molecule has 0 saturated carbocycles. The lowest BCUT2D eigenvalue weighted by molar-refractivity contribution is 0.0696. The SMILES string of the molecule is O=C(O)c1cccc(NC(=O)c2ccc3c(c2)C(=O)N(c2ccc(NNc4ccccc4)cc2)C3=O)c1. The maximum Gasteiger partial charge on any atom is 0.335 e. The minimum absolute atomic E-state index is 0.0280. The number of rotatable bonds is 7.